The normalized spacial score (nSPS) is 17.1. The zero-order valence-electron chi connectivity index (χ0n) is 13.3. The van der Waals surface area contributed by atoms with E-state index < -0.39 is 0 Å². The Morgan fingerprint density at radius 1 is 1.20 bits per heavy atom. The van der Waals surface area contributed by atoms with Crippen molar-refractivity contribution in [3.05, 3.63) is 56.2 Å². The lowest BCUT2D eigenvalue weighted by molar-refractivity contribution is 0.103. The maximum absolute atomic E-state index is 12.9. The van der Waals surface area contributed by atoms with Gasteiger partial charge in [0.1, 0.15) is 10.7 Å². The molecule has 0 bridgehead atoms. The quantitative estimate of drug-likeness (QED) is 0.816. The second-order valence-electron chi connectivity index (χ2n) is 6.15. The number of hydrogen-bond donors (Lipinski definition) is 1. The van der Waals surface area contributed by atoms with Crippen LogP contribution in [0, 0.1) is 5.82 Å². The van der Waals surface area contributed by atoms with E-state index in [1.54, 1.807) is 4.57 Å². The first-order chi connectivity index (χ1) is 11.6. The Labute approximate surface area is 158 Å². The highest BCUT2D eigenvalue weighted by molar-refractivity contribution is 8.93. The fraction of sp³-hybridized carbons (Fsp3) is 0.353. The lowest BCUT2D eigenvalue weighted by Crippen LogP contribution is -2.32. The van der Waals surface area contributed by atoms with Gasteiger partial charge in [-0.05, 0) is 49.9 Å². The predicted octanol–water partition coefficient (Wildman–Crippen LogP) is 3.28. The Balaban J connectivity index is 0.00000182. The minimum atomic E-state index is -0.376. The van der Waals surface area contributed by atoms with Crippen LogP contribution >= 0.6 is 28.3 Å². The second kappa shape index (κ2) is 7.21. The molecular weight excluding hydrogens is 409 g/mol. The van der Waals surface area contributed by atoms with Gasteiger partial charge in [0.15, 0.2) is 4.80 Å². The molecule has 132 valence electrons. The lowest BCUT2D eigenvalue weighted by Gasteiger charge is -2.08. The topological polar surface area (TPSA) is 63.5 Å². The van der Waals surface area contributed by atoms with Crippen LogP contribution in [0.5, 0.6) is 0 Å². The highest BCUT2D eigenvalue weighted by Gasteiger charge is 2.28. The zero-order valence-corrected chi connectivity index (χ0v) is 15.8. The summed E-state index contributed by atoms with van der Waals surface area (Å²) in [5, 5.41) is 2.69. The molecule has 1 amide bonds. The van der Waals surface area contributed by atoms with Crippen LogP contribution in [-0.2, 0) is 0 Å². The third-order valence-corrected chi connectivity index (χ3v) is 4.98. The molecule has 0 saturated heterocycles. The van der Waals surface area contributed by atoms with Crippen molar-refractivity contribution in [3.8, 4) is 0 Å². The van der Waals surface area contributed by atoms with Gasteiger partial charge in [0.25, 0.3) is 11.5 Å². The molecule has 1 aromatic heterocycles. The van der Waals surface area contributed by atoms with Crippen LogP contribution in [0.1, 0.15) is 41.4 Å². The van der Waals surface area contributed by atoms with Crippen molar-refractivity contribution >= 4 is 39.9 Å². The number of anilines is 1. The average Bonchev–Trinajstić information content (AvgIpc) is 3.43. The summed E-state index contributed by atoms with van der Waals surface area (Å²) in [5.41, 5.74) is 0.306. The summed E-state index contributed by atoms with van der Waals surface area (Å²) in [6.45, 7) is 0. The van der Waals surface area contributed by atoms with E-state index in [0.29, 0.717) is 15.4 Å². The van der Waals surface area contributed by atoms with Crippen molar-refractivity contribution in [3.63, 3.8) is 0 Å². The molecule has 2 aliphatic rings. The highest BCUT2D eigenvalue weighted by atomic mass is 79.9. The molecular formula is C17H17BrFN3O2S. The summed E-state index contributed by atoms with van der Waals surface area (Å²) in [6, 6.07) is 7.39. The summed E-state index contributed by atoms with van der Waals surface area (Å²) in [6.07, 6.45) is 4.05. The van der Waals surface area contributed by atoms with Gasteiger partial charge in [0.2, 0.25) is 0 Å². The number of carbonyl (C=O) groups is 1. The van der Waals surface area contributed by atoms with Gasteiger partial charge in [0, 0.05) is 17.8 Å². The minimum absolute atomic E-state index is 0. The molecule has 1 heterocycles. The van der Waals surface area contributed by atoms with Crippen molar-refractivity contribution < 1.29 is 9.18 Å². The smallest absolute Gasteiger partial charge is 0.266 e. The number of rotatable bonds is 4. The molecule has 25 heavy (non-hydrogen) atoms. The molecule has 0 unspecified atom stereocenters. The Morgan fingerprint density at radius 3 is 2.48 bits per heavy atom. The maximum atomic E-state index is 12.9. The van der Waals surface area contributed by atoms with E-state index >= 15 is 0 Å². The van der Waals surface area contributed by atoms with Crippen molar-refractivity contribution in [2.24, 2.45) is 4.99 Å². The third kappa shape index (κ3) is 4.24. The van der Waals surface area contributed by atoms with Crippen LogP contribution < -0.4 is 15.7 Å². The molecule has 1 N–H and O–H groups in total. The molecule has 2 aromatic rings. The van der Waals surface area contributed by atoms with Gasteiger partial charge in [-0.3, -0.25) is 19.1 Å². The number of benzene rings is 1. The van der Waals surface area contributed by atoms with E-state index in [2.05, 4.69) is 10.3 Å². The van der Waals surface area contributed by atoms with Crippen molar-refractivity contribution in [1.29, 1.82) is 0 Å². The molecule has 2 fully saturated rings. The van der Waals surface area contributed by atoms with Gasteiger partial charge in [-0.2, -0.15) is 0 Å². The van der Waals surface area contributed by atoms with Gasteiger partial charge in [0.05, 0.1) is 6.04 Å². The number of amides is 1. The van der Waals surface area contributed by atoms with Gasteiger partial charge < -0.3 is 5.32 Å². The second-order valence-corrected chi connectivity index (χ2v) is 7.16. The molecule has 8 heteroatoms. The van der Waals surface area contributed by atoms with Crippen LogP contribution in [0.15, 0.2) is 40.1 Å². The van der Waals surface area contributed by atoms with E-state index in [1.165, 1.54) is 41.7 Å². The monoisotopic (exact) mass is 425 g/mol. The van der Waals surface area contributed by atoms with E-state index in [9.17, 15) is 14.0 Å². The Bertz CT molecular complexity index is 915. The minimum Gasteiger partial charge on any atom is -0.321 e. The summed E-state index contributed by atoms with van der Waals surface area (Å²) in [7, 11) is 0. The van der Waals surface area contributed by atoms with Gasteiger partial charge in [-0.25, -0.2) is 4.39 Å². The third-order valence-electron chi connectivity index (χ3n) is 3.98. The van der Waals surface area contributed by atoms with Crippen molar-refractivity contribution in [2.75, 3.05) is 5.32 Å². The van der Waals surface area contributed by atoms with Crippen LogP contribution in [-0.4, -0.2) is 16.5 Å². The molecule has 0 aliphatic heterocycles. The van der Waals surface area contributed by atoms with Crippen molar-refractivity contribution in [2.45, 2.75) is 37.8 Å². The number of hydrogen-bond acceptors (Lipinski definition) is 4. The maximum Gasteiger partial charge on any atom is 0.266 e. The molecule has 2 aliphatic carbocycles. The van der Waals surface area contributed by atoms with Gasteiger partial charge in [-0.15, -0.1) is 17.0 Å². The van der Waals surface area contributed by atoms with Crippen molar-refractivity contribution in [1.82, 2.24) is 4.57 Å². The van der Waals surface area contributed by atoms with E-state index in [0.717, 1.165) is 25.7 Å². The van der Waals surface area contributed by atoms with E-state index in [1.807, 2.05) is 0 Å². The van der Waals surface area contributed by atoms with E-state index in [-0.39, 0.29) is 46.3 Å². The fourth-order valence-corrected chi connectivity index (χ4v) is 3.45. The van der Waals surface area contributed by atoms with Crippen LogP contribution in [0.2, 0.25) is 0 Å². The Hall–Kier alpha value is -1.80. The summed E-state index contributed by atoms with van der Waals surface area (Å²) < 4.78 is 14.7. The number of nitrogens with one attached hydrogen (secondary N) is 1. The van der Waals surface area contributed by atoms with Crippen LogP contribution in [0.4, 0.5) is 10.1 Å². The first-order valence-corrected chi connectivity index (χ1v) is 8.79. The zero-order chi connectivity index (χ0) is 16.7. The Morgan fingerprint density at radius 2 is 1.88 bits per heavy atom. The molecule has 2 saturated carbocycles. The first-order valence-electron chi connectivity index (χ1n) is 7.97. The number of carbonyl (C=O) groups excluding carboxylic acids is 1. The predicted molar refractivity (Wildman–Crippen MR) is 100 cm³/mol. The SMILES string of the molecule is Br.O=C(Nc1ccc(F)cc1)c1cc(=O)n(C2CC2)c(=NC2CC2)s1. The standard InChI is InChI=1S/C17H16FN3O2S.BrH/c18-10-1-3-11(4-2-10)19-16(23)14-9-15(22)21(13-7-8-13)17(24-14)20-12-5-6-12;/h1-4,9,12-13H,5-8H2,(H,19,23);1H. The van der Waals surface area contributed by atoms with E-state index in [4.69, 9.17) is 0 Å². The first kappa shape index (κ1) is 18.0. The van der Waals surface area contributed by atoms with Crippen LogP contribution in [0.25, 0.3) is 0 Å². The number of halogens is 2. The van der Waals surface area contributed by atoms with Crippen LogP contribution in [0.3, 0.4) is 0 Å². The summed E-state index contributed by atoms with van der Waals surface area (Å²) in [5.74, 6) is -0.743. The summed E-state index contributed by atoms with van der Waals surface area (Å²) in [4.78, 5) is 30.4. The fourth-order valence-electron chi connectivity index (χ4n) is 2.41. The molecule has 1 aromatic carbocycles. The number of nitrogens with zero attached hydrogens (tertiary/aromatic N) is 2. The molecule has 4 rings (SSSR count). The molecule has 0 radical (unpaired) electrons. The van der Waals surface area contributed by atoms with Gasteiger partial charge in [-0.1, -0.05) is 11.3 Å². The highest BCUT2D eigenvalue weighted by Crippen LogP contribution is 2.32. The Kier molecular flexibility index (Phi) is 5.19. The summed E-state index contributed by atoms with van der Waals surface area (Å²) >= 11 is 1.24. The number of aromatic nitrogens is 1. The largest absolute Gasteiger partial charge is 0.321 e. The van der Waals surface area contributed by atoms with Gasteiger partial charge >= 0.3 is 0 Å². The molecule has 0 atom stereocenters. The average molecular weight is 426 g/mol. The molecule has 0 spiro atoms. The molecule has 5 nitrogen and oxygen atoms in total. The lowest BCUT2D eigenvalue weighted by atomic mass is 10.3.